The average molecular weight is 240 g/mol. The zero-order valence-corrected chi connectivity index (χ0v) is 10.2. The topological polar surface area (TPSA) is 36.7 Å². The molecule has 17 heavy (non-hydrogen) atoms. The highest BCUT2D eigenvalue weighted by molar-refractivity contribution is 7.09. The second-order valence-electron chi connectivity index (χ2n) is 4.46. The van der Waals surface area contributed by atoms with E-state index in [4.69, 9.17) is 5.26 Å². The van der Waals surface area contributed by atoms with E-state index >= 15 is 0 Å². The molecule has 1 aliphatic carbocycles. The summed E-state index contributed by atoms with van der Waals surface area (Å²) < 4.78 is 0. The van der Waals surface area contributed by atoms with Gasteiger partial charge in [-0.3, -0.25) is 0 Å². The van der Waals surface area contributed by atoms with E-state index in [0.717, 1.165) is 23.6 Å². The fraction of sp³-hybridized carbons (Fsp3) is 0.286. The molecule has 0 bridgehead atoms. The number of thiazole rings is 1. The first-order chi connectivity index (χ1) is 8.35. The SMILES string of the molecule is N#Cc1ccc(-c2csc(CC3CC3)n2)cc1. The van der Waals surface area contributed by atoms with Gasteiger partial charge in [-0.2, -0.15) is 5.26 Å². The second-order valence-corrected chi connectivity index (χ2v) is 5.41. The Balaban J connectivity index is 1.82. The van der Waals surface area contributed by atoms with Crippen LogP contribution < -0.4 is 0 Å². The van der Waals surface area contributed by atoms with Crippen LogP contribution in [0.4, 0.5) is 0 Å². The summed E-state index contributed by atoms with van der Waals surface area (Å²) in [4.78, 5) is 4.65. The number of nitriles is 1. The van der Waals surface area contributed by atoms with Crippen molar-refractivity contribution in [2.75, 3.05) is 0 Å². The fourth-order valence-electron chi connectivity index (χ4n) is 1.82. The molecule has 2 nitrogen and oxygen atoms in total. The van der Waals surface area contributed by atoms with E-state index in [2.05, 4.69) is 16.4 Å². The van der Waals surface area contributed by atoms with Crippen LogP contribution in [0.15, 0.2) is 29.6 Å². The van der Waals surface area contributed by atoms with Crippen molar-refractivity contribution in [2.24, 2.45) is 5.92 Å². The van der Waals surface area contributed by atoms with E-state index < -0.39 is 0 Å². The molecule has 0 unspecified atom stereocenters. The summed E-state index contributed by atoms with van der Waals surface area (Å²) in [6, 6.07) is 9.75. The highest BCUT2D eigenvalue weighted by Gasteiger charge is 2.22. The van der Waals surface area contributed by atoms with E-state index in [-0.39, 0.29) is 0 Å². The van der Waals surface area contributed by atoms with Gasteiger partial charge in [0.05, 0.1) is 22.3 Å². The van der Waals surface area contributed by atoms with Crippen molar-refractivity contribution in [3.8, 4) is 17.3 Å². The molecule has 2 aromatic rings. The van der Waals surface area contributed by atoms with Crippen LogP contribution in [-0.4, -0.2) is 4.98 Å². The van der Waals surface area contributed by atoms with E-state index in [9.17, 15) is 0 Å². The number of benzene rings is 1. The number of hydrogen-bond acceptors (Lipinski definition) is 3. The van der Waals surface area contributed by atoms with Crippen molar-refractivity contribution in [2.45, 2.75) is 19.3 Å². The quantitative estimate of drug-likeness (QED) is 0.821. The Morgan fingerprint density at radius 2 is 2.06 bits per heavy atom. The Morgan fingerprint density at radius 3 is 2.71 bits per heavy atom. The summed E-state index contributed by atoms with van der Waals surface area (Å²) in [7, 11) is 0. The predicted molar refractivity (Wildman–Crippen MR) is 68.7 cm³/mol. The Hall–Kier alpha value is -1.66. The van der Waals surface area contributed by atoms with Gasteiger partial charge in [-0.1, -0.05) is 12.1 Å². The molecule has 0 saturated heterocycles. The lowest BCUT2D eigenvalue weighted by molar-refractivity contribution is 0.825. The van der Waals surface area contributed by atoms with Crippen LogP contribution in [0.5, 0.6) is 0 Å². The number of nitrogens with zero attached hydrogens (tertiary/aromatic N) is 2. The van der Waals surface area contributed by atoms with Crippen molar-refractivity contribution in [3.63, 3.8) is 0 Å². The summed E-state index contributed by atoms with van der Waals surface area (Å²) >= 11 is 1.75. The maximum atomic E-state index is 8.75. The van der Waals surface area contributed by atoms with Gasteiger partial charge < -0.3 is 0 Å². The van der Waals surface area contributed by atoms with Crippen LogP contribution in [-0.2, 0) is 6.42 Å². The highest BCUT2D eigenvalue weighted by atomic mass is 32.1. The van der Waals surface area contributed by atoms with E-state index in [1.807, 2.05) is 24.3 Å². The molecule has 1 aliphatic rings. The maximum absolute atomic E-state index is 8.75. The van der Waals surface area contributed by atoms with Crippen molar-refractivity contribution in [3.05, 3.63) is 40.2 Å². The smallest absolute Gasteiger partial charge is 0.0991 e. The predicted octanol–water partition coefficient (Wildman–Crippen LogP) is 3.63. The molecule has 0 amide bonds. The first kappa shape index (κ1) is 10.5. The van der Waals surface area contributed by atoms with Gasteiger partial charge in [0.25, 0.3) is 0 Å². The number of aromatic nitrogens is 1. The lowest BCUT2D eigenvalue weighted by Crippen LogP contribution is -1.86. The average Bonchev–Trinajstić information content (AvgIpc) is 3.06. The number of hydrogen-bond donors (Lipinski definition) is 0. The maximum Gasteiger partial charge on any atom is 0.0991 e. The molecular weight excluding hydrogens is 228 g/mol. The van der Waals surface area contributed by atoms with Gasteiger partial charge >= 0.3 is 0 Å². The molecule has 1 heterocycles. The summed E-state index contributed by atoms with van der Waals surface area (Å²) in [5.74, 6) is 0.884. The van der Waals surface area contributed by atoms with Gasteiger partial charge in [0.15, 0.2) is 0 Å². The van der Waals surface area contributed by atoms with Gasteiger partial charge in [-0.05, 0) is 30.9 Å². The monoisotopic (exact) mass is 240 g/mol. The Bertz CT molecular complexity index is 559. The zero-order chi connectivity index (χ0) is 11.7. The lowest BCUT2D eigenvalue weighted by atomic mass is 10.1. The fourth-order valence-corrected chi connectivity index (χ4v) is 2.74. The minimum atomic E-state index is 0.696. The van der Waals surface area contributed by atoms with Crippen LogP contribution in [0.25, 0.3) is 11.3 Å². The van der Waals surface area contributed by atoms with Crippen LogP contribution in [0, 0.1) is 17.2 Å². The van der Waals surface area contributed by atoms with Gasteiger partial charge in [-0.15, -0.1) is 11.3 Å². The largest absolute Gasteiger partial charge is 0.241 e. The van der Waals surface area contributed by atoms with Gasteiger partial charge in [0.1, 0.15) is 0 Å². The molecule has 1 fully saturated rings. The van der Waals surface area contributed by atoms with Crippen LogP contribution >= 0.6 is 11.3 Å². The Kier molecular flexibility index (Phi) is 2.66. The summed E-state index contributed by atoms with van der Waals surface area (Å²) in [6.45, 7) is 0. The molecule has 1 aromatic heterocycles. The normalized spacial score (nSPS) is 14.5. The summed E-state index contributed by atoms with van der Waals surface area (Å²) in [5, 5.41) is 12.1. The molecule has 1 saturated carbocycles. The minimum absolute atomic E-state index is 0.696. The molecule has 84 valence electrons. The second kappa shape index (κ2) is 4.31. The molecule has 3 rings (SSSR count). The molecule has 0 spiro atoms. The van der Waals surface area contributed by atoms with Gasteiger partial charge in [-0.25, -0.2) is 4.98 Å². The lowest BCUT2D eigenvalue weighted by Gasteiger charge is -1.96. The Labute approximate surface area is 105 Å². The summed E-state index contributed by atoms with van der Waals surface area (Å²) in [5.41, 5.74) is 2.83. The third kappa shape index (κ3) is 2.37. The molecule has 0 atom stereocenters. The molecule has 0 aliphatic heterocycles. The third-order valence-corrected chi connectivity index (χ3v) is 3.89. The van der Waals surface area contributed by atoms with Crippen LogP contribution in [0.1, 0.15) is 23.4 Å². The van der Waals surface area contributed by atoms with Crippen molar-refractivity contribution in [1.29, 1.82) is 5.26 Å². The molecule has 0 N–H and O–H groups in total. The van der Waals surface area contributed by atoms with E-state index in [0.29, 0.717) is 5.56 Å². The van der Waals surface area contributed by atoms with E-state index in [1.165, 1.54) is 17.8 Å². The van der Waals surface area contributed by atoms with Crippen LogP contribution in [0.3, 0.4) is 0 Å². The van der Waals surface area contributed by atoms with Crippen molar-refractivity contribution in [1.82, 2.24) is 4.98 Å². The molecular formula is C14H12N2S. The standard InChI is InChI=1S/C14H12N2S/c15-8-11-3-5-12(6-4-11)13-9-17-14(16-13)7-10-1-2-10/h3-6,9-10H,1-2,7H2. The van der Waals surface area contributed by atoms with Crippen LogP contribution in [0.2, 0.25) is 0 Å². The summed E-state index contributed by atoms with van der Waals surface area (Å²) in [6.07, 6.45) is 3.87. The van der Waals surface area contributed by atoms with Crippen molar-refractivity contribution < 1.29 is 0 Å². The Morgan fingerprint density at radius 1 is 1.29 bits per heavy atom. The molecule has 3 heteroatoms. The third-order valence-electron chi connectivity index (χ3n) is 3.02. The minimum Gasteiger partial charge on any atom is -0.241 e. The first-order valence-corrected chi connectivity index (χ1v) is 6.68. The van der Waals surface area contributed by atoms with Crippen molar-refractivity contribution >= 4 is 11.3 Å². The van der Waals surface area contributed by atoms with E-state index in [1.54, 1.807) is 11.3 Å². The van der Waals surface area contributed by atoms with Gasteiger partial charge in [0.2, 0.25) is 0 Å². The zero-order valence-electron chi connectivity index (χ0n) is 9.39. The number of rotatable bonds is 3. The molecule has 1 aromatic carbocycles. The molecule has 0 radical (unpaired) electrons. The van der Waals surface area contributed by atoms with Gasteiger partial charge in [0, 0.05) is 17.4 Å². The highest BCUT2D eigenvalue weighted by Crippen LogP contribution is 2.34. The first-order valence-electron chi connectivity index (χ1n) is 5.80.